The van der Waals surface area contributed by atoms with Crippen molar-refractivity contribution in [3.63, 3.8) is 0 Å². The standard InChI is InChI=1S/C17H15N3O6S/c1-11-17(10-21)26-16-6-5-13(20(22)23)8-15(16)19(11)27(24,25)14-4-2-3-12(7-14)9-18/h2-8,11,17,21H,10H2,1H3/t11-,17+/m0/s1. The summed E-state index contributed by atoms with van der Waals surface area (Å²) in [6.45, 7) is 1.09. The molecule has 27 heavy (non-hydrogen) atoms. The van der Waals surface area contributed by atoms with Crippen LogP contribution in [0, 0.1) is 21.4 Å². The smallest absolute Gasteiger partial charge is 0.271 e. The molecule has 0 saturated heterocycles. The molecule has 0 unspecified atom stereocenters. The Morgan fingerprint density at radius 3 is 2.70 bits per heavy atom. The van der Waals surface area contributed by atoms with Gasteiger partial charge in [0, 0.05) is 12.1 Å². The van der Waals surface area contributed by atoms with E-state index in [0.717, 1.165) is 10.4 Å². The van der Waals surface area contributed by atoms with E-state index in [4.69, 9.17) is 10.00 Å². The summed E-state index contributed by atoms with van der Waals surface area (Å²) in [5.41, 5.74) is -0.128. The van der Waals surface area contributed by atoms with Crippen molar-refractivity contribution in [1.29, 1.82) is 5.26 Å². The van der Waals surface area contributed by atoms with Crippen LogP contribution in [0.25, 0.3) is 0 Å². The molecule has 0 spiro atoms. The van der Waals surface area contributed by atoms with Crippen molar-refractivity contribution in [1.82, 2.24) is 0 Å². The SMILES string of the molecule is C[C@H]1[C@@H](CO)Oc2ccc([N+](=O)[O-])cc2N1S(=O)(=O)c1cccc(C#N)c1. The van der Waals surface area contributed by atoms with E-state index in [9.17, 15) is 23.6 Å². The van der Waals surface area contributed by atoms with E-state index in [1.165, 1.54) is 43.3 Å². The van der Waals surface area contributed by atoms with E-state index < -0.39 is 33.7 Å². The second-order valence-corrected chi connectivity index (χ2v) is 7.74. The van der Waals surface area contributed by atoms with E-state index >= 15 is 0 Å². The maximum Gasteiger partial charge on any atom is 0.271 e. The van der Waals surface area contributed by atoms with Crippen LogP contribution in [0.5, 0.6) is 5.75 Å². The molecule has 1 aliphatic heterocycles. The number of fused-ring (bicyclic) bond motifs is 1. The maximum absolute atomic E-state index is 13.3. The Bertz CT molecular complexity index is 1050. The number of aliphatic hydroxyl groups is 1. The van der Waals surface area contributed by atoms with Crippen molar-refractivity contribution in [2.24, 2.45) is 0 Å². The lowest BCUT2D eigenvalue weighted by molar-refractivity contribution is -0.384. The second kappa shape index (κ2) is 6.86. The fraction of sp³-hybridized carbons (Fsp3) is 0.235. The van der Waals surface area contributed by atoms with Crippen molar-refractivity contribution in [2.75, 3.05) is 10.9 Å². The van der Waals surface area contributed by atoms with Gasteiger partial charge >= 0.3 is 0 Å². The summed E-state index contributed by atoms with van der Waals surface area (Å²) in [4.78, 5) is 10.3. The summed E-state index contributed by atoms with van der Waals surface area (Å²) in [5, 5.41) is 29.7. The number of hydrogen-bond acceptors (Lipinski definition) is 7. The molecule has 1 N–H and O–H groups in total. The molecule has 0 saturated carbocycles. The predicted molar refractivity (Wildman–Crippen MR) is 94.9 cm³/mol. The second-order valence-electron chi connectivity index (χ2n) is 5.93. The zero-order valence-electron chi connectivity index (χ0n) is 14.1. The van der Waals surface area contributed by atoms with Crippen LogP contribution in [-0.2, 0) is 10.0 Å². The minimum Gasteiger partial charge on any atom is -0.484 e. The average Bonchev–Trinajstić information content (AvgIpc) is 2.66. The topological polar surface area (TPSA) is 134 Å². The monoisotopic (exact) mass is 389 g/mol. The molecule has 0 aromatic heterocycles. The Morgan fingerprint density at radius 2 is 2.07 bits per heavy atom. The third kappa shape index (κ3) is 3.18. The van der Waals surface area contributed by atoms with Gasteiger partial charge in [0.25, 0.3) is 15.7 Å². The van der Waals surface area contributed by atoms with Gasteiger partial charge in [-0.05, 0) is 31.2 Å². The molecule has 3 rings (SSSR count). The lowest BCUT2D eigenvalue weighted by Gasteiger charge is -2.40. The number of aliphatic hydroxyl groups excluding tert-OH is 1. The highest BCUT2D eigenvalue weighted by Crippen LogP contribution is 2.41. The number of ether oxygens (including phenoxy) is 1. The van der Waals surface area contributed by atoms with Crippen LogP contribution in [0.1, 0.15) is 12.5 Å². The summed E-state index contributed by atoms with van der Waals surface area (Å²) in [6, 6.07) is 10.1. The Balaban J connectivity index is 2.22. The number of non-ortho nitro benzene ring substituents is 1. The molecule has 0 fully saturated rings. The Kier molecular flexibility index (Phi) is 4.73. The molecule has 2 aromatic carbocycles. The van der Waals surface area contributed by atoms with E-state index in [1.54, 1.807) is 0 Å². The summed E-state index contributed by atoms with van der Waals surface area (Å²) in [6.07, 6.45) is -0.854. The summed E-state index contributed by atoms with van der Waals surface area (Å²) in [5.74, 6) is 0.109. The third-order valence-electron chi connectivity index (χ3n) is 4.28. The third-order valence-corrected chi connectivity index (χ3v) is 6.17. The Morgan fingerprint density at radius 1 is 1.33 bits per heavy atom. The maximum atomic E-state index is 13.3. The zero-order valence-corrected chi connectivity index (χ0v) is 15.0. The van der Waals surface area contributed by atoms with Crippen LogP contribution in [-0.4, -0.2) is 37.2 Å². The Labute approximate surface area is 155 Å². The number of rotatable bonds is 4. The molecule has 1 heterocycles. The molecule has 0 radical (unpaired) electrons. The molecule has 140 valence electrons. The lowest BCUT2D eigenvalue weighted by atomic mass is 10.1. The van der Waals surface area contributed by atoms with Crippen LogP contribution in [0.4, 0.5) is 11.4 Å². The van der Waals surface area contributed by atoms with Gasteiger partial charge < -0.3 is 9.84 Å². The average molecular weight is 389 g/mol. The summed E-state index contributed by atoms with van der Waals surface area (Å²) < 4.78 is 33.2. The van der Waals surface area contributed by atoms with Crippen molar-refractivity contribution in [3.8, 4) is 11.8 Å². The van der Waals surface area contributed by atoms with Gasteiger partial charge in [0.15, 0.2) is 0 Å². The van der Waals surface area contributed by atoms with Crippen LogP contribution in [0.3, 0.4) is 0 Å². The molecular formula is C17H15N3O6S. The molecule has 10 heteroatoms. The number of nitrogens with zero attached hydrogens (tertiary/aromatic N) is 3. The molecule has 2 atom stereocenters. The fourth-order valence-corrected chi connectivity index (χ4v) is 4.63. The first-order valence-electron chi connectivity index (χ1n) is 7.90. The highest BCUT2D eigenvalue weighted by molar-refractivity contribution is 7.92. The van der Waals surface area contributed by atoms with Gasteiger partial charge in [-0.1, -0.05) is 6.07 Å². The molecule has 2 aromatic rings. The van der Waals surface area contributed by atoms with E-state index in [0.29, 0.717) is 0 Å². The fourth-order valence-electron chi connectivity index (χ4n) is 2.90. The molecule has 9 nitrogen and oxygen atoms in total. The summed E-state index contributed by atoms with van der Waals surface area (Å²) in [7, 11) is -4.17. The van der Waals surface area contributed by atoms with Crippen LogP contribution < -0.4 is 9.04 Å². The number of hydrogen-bond donors (Lipinski definition) is 1. The predicted octanol–water partition coefficient (Wildman–Crippen LogP) is 1.80. The van der Waals surface area contributed by atoms with Gasteiger partial charge in [-0.15, -0.1) is 0 Å². The largest absolute Gasteiger partial charge is 0.484 e. The number of nitro benzene ring substituents is 1. The van der Waals surface area contributed by atoms with Gasteiger partial charge in [0.2, 0.25) is 0 Å². The molecular weight excluding hydrogens is 374 g/mol. The molecule has 0 aliphatic carbocycles. The van der Waals surface area contributed by atoms with Gasteiger partial charge in [-0.25, -0.2) is 8.42 Å². The Hall–Kier alpha value is -3.16. The highest BCUT2D eigenvalue weighted by Gasteiger charge is 2.41. The molecule has 0 bridgehead atoms. The normalized spacial score (nSPS) is 18.9. The van der Waals surface area contributed by atoms with Gasteiger partial charge in [-0.3, -0.25) is 14.4 Å². The first-order chi connectivity index (χ1) is 12.8. The minimum absolute atomic E-state index is 0.00348. The van der Waals surface area contributed by atoms with Crippen molar-refractivity contribution < 1.29 is 23.2 Å². The first-order valence-corrected chi connectivity index (χ1v) is 9.34. The quantitative estimate of drug-likeness (QED) is 0.622. The number of sulfonamides is 1. The number of nitriles is 1. The van der Waals surface area contributed by atoms with Crippen molar-refractivity contribution in [3.05, 3.63) is 58.1 Å². The first kappa shape index (κ1) is 18.6. The minimum atomic E-state index is -4.17. The number of nitro groups is 1. The van der Waals surface area contributed by atoms with Crippen LogP contribution in [0.2, 0.25) is 0 Å². The number of anilines is 1. The van der Waals surface area contributed by atoms with Gasteiger partial charge in [-0.2, -0.15) is 5.26 Å². The van der Waals surface area contributed by atoms with Crippen molar-refractivity contribution >= 4 is 21.4 Å². The number of benzene rings is 2. The molecule has 1 aliphatic rings. The van der Waals surface area contributed by atoms with Crippen LogP contribution >= 0.6 is 0 Å². The molecule has 0 amide bonds. The van der Waals surface area contributed by atoms with Gasteiger partial charge in [0.05, 0.1) is 34.1 Å². The lowest BCUT2D eigenvalue weighted by Crippen LogP contribution is -2.52. The van der Waals surface area contributed by atoms with E-state index in [-0.39, 0.29) is 27.6 Å². The van der Waals surface area contributed by atoms with E-state index in [2.05, 4.69) is 0 Å². The zero-order chi connectivity index (χ0) is 19.8. The summed E-state index contributed by atoms with van der Waals surface area (Å²) >= 11 is 0. The van der Waals surface area contributed by atoms with Gasteiger partial charge in [0.1, 0.15) is 17.5 Å². The van der Waals surface area contributed by atoms with Crippen molar-refractivity contribution in [2.45, 2.75) is 24.0 Å². The van der Waals surface area contributed by atoms with E-state index in [1.807, 2.05) is 6.07 Å². The highest BCUT2D eigenvalue weighted by atomic mass is 32.2. The van der Waals surface area contributed by atoms with Crippen LogP contribution in [0.15, 0.2) is 47.4 Å².